The first-order valence-corrected chi connectivity index (χ1v) is 10.8. The van der Waals surface area contributed by atoms with E-state index in [4.69, 9.17) is 9.47 Å². The number of ether oxygens (including phenoxy) is 2. The van der Waals surface area contributed by atoms with Crippen molar-refractivity contribution in [1.29, 1.82) is 0 Å². The number of carbonyl (C=O) groups is 1. The number of carbonyl (C=O) groups excluding carboxylic acids is 1. The summed E-state index contributed by atoms with van der Waals surface area (Å²) in [5.74, 6) is 0.473. The third-order valence-electron chi connectivity index (χ3n) is 5.65. The summed E-state index contributed by atoms with van der Waals surface area (Å²) in [6.45, 7) is 1.37. The van der Waals surface area contributed by atoms with E-state index in [9.17, 15) is 23.1 Å². The maximum atomic E-state index is 12.7. The monoisotopic (exact) mass is 466 g/mol. The molecule has 1 heterocycles. The molecule has 2 amide bonds. The number of hydrogen-bond acceptors (Lipinski definition) is 4. The third-order valence-corrected chi connectivity index (χ3v) is 5.65. The van der Waals surface area contributed by atoms with Crippen LogP contribution in [0.3, 0.4) is 0 Å². The number of aliphatic hydroxyl groups excluding tert-OH is 1. The Labute approximate surface area is 191 Å². The van der Waals surface area contributed by atoms with E-state index in [0.29, 0.717) is 38.1 Å². The van der Waals surface area contributed by atoms with Crippen LogP contribution in [-0.2, 0) is 23.8 Å². The Morgan fingerprint density at radius 1 is 1.18 bits per heavy atom. The molecule has 0 bridgehead atoms. The number of nitrogens with zero attached hydrogens (tertiary/aromatic N) is 1. The van der Waals surface area contributed by atoms with Gasteiger partial charge < -0.3 is 24.8 Å². The molecule has 2 N–H and O–H groups in total. The fourth-order valence-electron chi connectivity index (χ4n) is 3.76. The van der Waals surface area contributed by atoms with Gasteiger partial charge in [-0.2, -0.15) is 13.2 Å². The van der Waals surface area contributed by atoms with E-state index in [-0.39, 0.29) is 31.2 Å². The maximum Gasteiger partial charge on any atom is 0.416 e. The number of halogens is 3. The van der Waals surface area contributed by atoms with E-state index in [0.717, 1.165) is 23.4 Å². The highest BCUT2D eigenvalue weighted by Crippen LogP contribution is 2.29. The van der Waals surface area contributed by atoms with Crippen molar-refractivity contribution in [3.8, 4) is 5.75 Å². The van der Waals surface area contributed by atoms with E-state index in [1.165, 1.54) is 12.1 Å². The Hall–Kier alpha value is -2.78. The molecule has 0 aromatic heterocycles. The van der Waals surface area contributed by atoms with E-state index >= 15 is 0 Å². The fraction of sp³-hybridized carbons (Fsp3) is 0.458. The predicted octanol–water partition coefficient (Wildman–Crippen LogP) is 3.52. The van der Waals surface area contributed by atoms with Crippen LogP contribution < -0.4 is 10.1 Å². The van der Waals surface area contributed by atoms with Crippen molar-refractivity contribution in [3.63, 3.8) is 0 Å². The van der Waals surface area contributed by atoms with E-state index in [1.54, 1.807) is 12.0 Å². The molecule has 33 heavy (non-hydrogen) atoms. The van der Waals surface area contributed by atoms with Crippen LogP contribution in [0.5, 0.6) is 5.75 Å². The average molecular weight is 467 g/mol. The number of benzene rings is 2. The summed E-state index contributed by atoms with van der Waals surface area (Å²) in [6.07, 6.45) is -3.48. The van der Waals surface area contributed by atoms with Crippen LogP contribution >= 0.6 is 0 Å². The van der Waals surface area contributed by atoms with Crippen LogP contribution in [-0.4, -0.2) is 62.1 Å². The van der Waals surface area contributed by atoms with Crippen molar-refractivity contribution < 1.29 is 32.5 Å². The molecular formula is C24H29F3N2O4. The third kappa shape index (κ3) is 7.36. The molecule has 0 spiro atoms. The summed E-state index contributed by atoms with van der Waals surface area (Å²) in [6, 6.07) is 12.3. The quantitative estimate of drug-likeness (QED) is 0.625. The number of nitrogens with one attached hydrogen (secondary N) is 1. The zero-order valence-corrected chi connectivity index (χ0v) is 18.5. The highest BCUT2D eigenvalue weighted by atomic mass is 19.4. The van der Waals surface area contributed by atoms with Gasteiger partial charge in [0, 0.05) is 38.6 Å². The molecule has 2 aromatic carbocycles. The molecule has 1 fully saturated rings. The molecule has 2 aromatic rings. The summed E-state index contributed by atoms with van der Waals surface area (Å²) in [4.78, 5) is 14.3. The minimum atomic E-state index is -4.38. The molecule has 180 valence electrons. The van der Waals surface area contributed by atoms with Gasteiger partial charge in [-0.25, -0.2) is 4.79 Å². The second-order valence-corrected chi connectivity index (χ2v) is 8.12. The number of urea groups is 1. The fourth-order valence-corrected chi connectivity index (χ4v) is 3.76. The predicted molar refractivity (Wildman–Crippen MR) is 117 cm³/mol. The number of amides is 2. The normalized spacial score (nSPS) is 17.5. The van der Waals surface area contributed by atoms with E-state index in [2.05, 4.69) is 5.32 Å². The molecular weight excluding hydrogens is 437 g/mol. The van der Waals surface area contributed by atoms with Crippen molar-refractivity contribution in [3.05, 3.63) is 65.2 Å². The van der Waals surface area contributed by atoms with Crippen LogP contribution in [0.1, 0.15) is 16.7 Å². The standard InChI is InChI=1S/C24H29F3N2O4/c1-32-21-8-4-18(5-9-21)13-22-15-29(10-11-33-22)23(31)28-14-19(16-30)12-17-2-6-20(7-3-17)24(25,26)27/h2-9,19,22,30H,10-16H2,1H3,(H,28,31)/t19?,22-/m0/s1. The number of methoxy groups -OCH3 is 1. The van der Waals surface area contributed by atoms with Gasteiger partial charge in [-0.1, -0.05) is 24.3 Å². The second kappa shape index (κ2) is 11.4. The highest BCUT2D eigenvalue weighted by molar-refractivity contribution is 5.74. The molecule has 6 nitrogen and oxygen atoms in total. The Morgan fingerprint density at radius 3 is 2.45 bits per heavy atom. The number of morpholine rings is 1. The summed E-state index contributed by atoms with van der Waals surface area (Å²) in [5.41, 5.74) is 1.04. The molecule has 1 aliphatic heterocycles. The second-order valence-electron chi connectivity index (χ2n) is 8.12. The lowest BCUT2D eigenvalue weighted by molar-refractivity contribution is -0.137. The topological polar surface area (TPSA) is 71.0 Å². The van der Waals surface area contributed by atoms with Crippen LogP contribution in [0.25, 0.3) is 0 Å². The molecule has 0 radical (unpaired) electrons. The van der Waals surface area contributed by atoms with Crippen LogP contribution in [0.4, 0.5) is 18.0 Å². The van der Waals surface area contributed by atoms with E-state index in [1.807, 2.05) is 24.3 Å². The zero-order chi connectivity index (χ0) is 23.8. The first-order chi connectivity index (χ1) is 15.8. The first kappa shape index (κ1) is 24.9. The van der Waals surface area contributed by atoms with Crippen molar-refractivity contribution >= 4 is 6.03 Å². The lowest BCUT2D eigenvalue weighted by Gasteiger charge is -2.33. The van der Waals surface area contributed by atoms with Crippen molar-refractivity contribution in [2.45, 2.75) is 25.1 Å². The lowest BCUT2D eigenvalue weighted by Crippen LogP contribution is -2.51. The average Bonchev–Trinajstić information content (AvgIpc) is 2.82. The number of rotatable bonds is 8. The van der Waals surface area contributed by atoms with Gasteiger partial charge in [0.25, 0.3) is 0 Å². The summed E-state index contributed by atoms with van der Waals surface area (Å²) < 4.78 is 49.1. The number of aliphatic hydroxyl groups is 1. The molecule has 1 unspecified atom stereocenters. The molecule has 9 heteroatoms. The van der Waals surface area contributed by atoms with Gasteiger partial charge in [0.15, 0.2) is 0 Å². The van der Waals surface area contributed by atoms with Gasteiger partial charge in [0.1, 0.15) is 5.75 Å². The number of hydrogen-bond donors (Lipinski definition) is 2. The van der Waals surface area contributed by atoms with Gasteiger partial charge >= 0.3 is 12.2 Å². The molecule has 1 saturated heterocycles. The minimum absolute atomic E-state index is 0.126. The number of alkyl halides is 3. The lowest BCUT2D eigenvalue weighted by atomic mass is 9.99. The smallest absolute Gasteiger partial charge is 0.416 e. The minimum Gasteiger partial charge on any atom is -0.497 e. The maximum absolute atomic E-state index is 12.7. The Balaban J connectivity index is 1.47. The van der Waals surface area contributed by atoms with E-state index < -0.39 is 11.7 Å². The Kier molecular flexibility index (Phi) is 8.57. The van der Waals surface area contributed by atoms with Gasteiger partial charge in [-0.05, 0) is 41.8 Å². The summed E-state index contributed by atoms with van der Waals surface area (Å²) in [7, 11) is 1.61. The van der Waals surface area contributed by atoms with Crippen molar-refractivity contribution in [2.75, 3.05) is 40.0 Å². The molecule has 2 atom stereocenters. The van der Waals surface area contributed by atoms with Crippen molar-refractivity contribution in [1.82, 2.24) is 10.2 Å². The molecule has 0 saturated carbocycles. The van der Waals surface area contributed by atoms with Gasteiger partial charge in [0.2, 0.25) is 0 Å². The summed E-state index contributed by atoms with van der Waals surface area (Å²) in [5, 5.41) is 12.5. The van der Waals surface area contributed by atoms with Crippen molar-refractivity contribution in [2.24, 2.45) is 5.92 Å². The van der Waals surface area contributed by atoms with Crippen LogP contribution in [0.2, 0.25) is 0 Å². The summed E-state index contributed by atoms with van der Waals surface area (Å²) >= 11 is 0. The Morgan fingerprint density at radius 2 is 1.85 bits per heavy atom. The van der Waals surface area contributed by atoms with Gasteiger partial charge in [-0.15, -0.1) is 0 Å². The van der Waals surface area contributed by atoms with Gasteiger partial charge in [-0.3, -0.25) is 0 Å². The van der Waals surface area contributed by atoms with Crippen LogP contribution in [0, 0.1) is 5.92 Å². The largest absolute Gasteiger partial charge is 0.497 e. The van der Waals surface area contributed by atoms with Gasteiger partial charge in [0.05, 0.1) is 25.4 Å². The molecule has 1 aliphatic rings. The SMILES string of the molecule is COc1ccc(C[C@H]2CN(C(=O)NCC(CO)Cc3ccc(C(F)(F)F)cc3)CCO2)cc1. The zero-order valence-electron chi connectivity index (χ0n) is 18.5. The highest BCUT2D eigenvalue weighted by Gasteiger charge is 2.30. The van der Waals surface area contributed by atoms with Crippen LogP contribution in [0.15, 0.2) is 48.5 Å². The Bertz CT molecular complexity index is 888. The first-order valence-electron chi connectivity index (χ1n) is 10.8. The molecule has 0 aliphatic carbocycles. The molecule has 3 rings (SSSR count).